The Kier molecular flexibility index (Phi) is 53.8. The van der Waals surface area contributed by atoms with Crippen molar-refractivity contribution in [2.45, 2.75) is 309 Å². The van der Waals surface area contributed by atoms with Crippen LogP contribution < -0.4 is 0 Å². The second-order valence-electron chi connectivity index (χ2n) is 19.5. The van der Waals surface area contributed by atoms with Gasteiger partial charge in [-0.1, -0.05) is 275 Å². The Labute approximate surface area is 416 Å². The van der Waals surface area contributed by atoms with Crippen LogP contribution in [0.2, 0.25) is 0 Å². The van der Waals surface area contributed by atoms with Gasteiger partial charge in [0.1, 0.15) is 13.2 Å². The number of esters is 3. The van der Waals surface area contributed by atoms with Gasteiger partial charge in [-0.2, -0.15) is 0 Å². The zero-order valence-electron chi connectivity index (χ0n) is 44.7. The molecule has 0 aromatic rings. The summed E-state index contributed by atoms with van der Waals surface area (Å²) >= 11 is 0. The normalized spacial score (nSPS) is 12.3. The first-order valence-electron chi connectivity index (χ1n) is 29.1. The minimum atomic E-state index is -0.772. The monoisotopic (exact) mass is 939 g/mol. The van der Waals surface area contributed by atoms with Gasteiger partial charge >= 0.3 is 17.9 Å². The summed E-state index contributed by atoms with van der Waals surface area (Å²) < 4.78 is 16.9. The van der Waals surface area contributed by atoms with Gasteiger partial charge in [-0.15, -0.1) is 0 Å². The molecule has 0 heterocycles. The Morgan fingerprint density at radius 2 is 0.582 bits per heavy atom. The van der Waals surface area contributed by atoms with E-state index < -0.39 is 6.10 Å². The van der Waals surface area contributed by atoms with Gasteiger partial charge in [0.05, 0.1) is 0 Å². The molecule has 0 aromatic heterocycles. The molecule has 0 amide bonds. The maximum Gasteiger partial charge on any atom is 0.306 e. The predicted molar refractivity (Wildman–Crippen MR) is 289 cm³/mol. The fourth-order valence-corrected chi connectivity index (χ4v) is 8.49. The number of carbonyl (C=O) groups excluding carboxylic acids is 3. The summed E-state index contributed by atoms with van der Waals surface area (Å²) in [4.78, 5) is 38.1. The average Bonchev–Trinajstić information content (AvgIpc) is 3.33. The number of hydrogen-bond acceptors (Lipinski definition) is 6. The van der Waals surface area contributed by atoms with E-state index >= 15 is 0 Å². The first kappa shape index (κ1) is 64.4. The zero-order valence-corrected chi connectivity index (χ0v) is 44.7. The van der Waals surface area contributed by atoms with Crippen molar-refractivity contribution in [2.24, 2.45) is 0 Å². The van der Waals surface area contributed by atoms with Gasteiger partial charge in [0, 0.05) is 19.3 Å². The van der Waals surface area contributed by atoms with Gasteiger partial charge in [-0.05, 0) is 57.8 Å². The second-order valence-corrected chi connectivity index (χ2v) is 19.5. The van der Waals surface area contributed by atoms with Gasteiger partial charge in [0.25, 0.3) is 0 Å². The summed E-state index contributed by atoms with van der Waals surface area (Å²) in [5, 5.41) is 0. The highest BCUT2D eigenvalue weighted by atomic mass is 16.6. The van der Waals surface area contributed by atoms with Crippen molar-refractivity contribution < 1.29 is 28.6 Å². The zero-order chi connectivity index (χ0) is 48.6. The number of rotatable bonds is 53. The fourth-order valence-electron chi connectivity index (χ4n) is 8.49. The van der Waals surface area contributed by atoms with Crippen molar-refractivity contribution in [3.63, 3.8) is 0 Å². The lowest BCUT2D eigenvalue weighted by molar-refractivity contribution is -0.167. The molecule has 0 aliphatic rings. The quantitative estimate of drug-likeness (QED) is 0.0262. The third kappa shape index (κ3) is 54.2. The molecular formula is C61H110O6. The summed E-state index contributed by atoms with van der Waals surface area (Å²) in [6.07, 6.45) is 68.1. The van der Waals surface area contributed by atoms with E-state index in [0.29, 0.717) is 19.3 Å². The maximum atomic E-state index is 12.8. The average molecular weight is 940 g/mol. The Morgan fingerprint density at radius 1 is 0.313 bits per heavy atom. The predicted octanol–water partition coefficient (Wildman–Crippen LogP) is 19.4. The Balaban J connectivity index is 4.32. The van der Waals surface area contributed by atoms with Crippen LogP contribution >= 0.6 is 0 Å². The molecule has 0 radical (unpaired) electrons. The first-order chi connectivity index (χ1) is 33.0. The smallest absolute Gasteiger partial charge is 0.306 e. The van der Waals surface area contributed by atoms with E-state index in [2.05, 4.69) is 69.4 Å². The van der Waals surface area contributed by atoms with Crippen LogP contribution in [-0.2, 0) is 28.6 Å². The van der Waals surface area contributed by atoms with Gasteiger partial charge in [0.2, 0.25) is 0 Å². The molecule has 0 bridgehead atoms. The minimum Gasteiger partial charge on any atom is -0.462 e. The van der Waals surface area contributed by atoms with Crippen LogP contribution in [-0.4, -0.2) is 37.2 Å². The highest BCUT2D eigenvalue weighted by molar-refractivity contribution is 5.71. The molecule has 67 heavy (non-hydrogen) atoms. The van der Waals surface area contributed by atoms with E-state index in [1.54, 1.807) is 0 Å². The standard InChI is InChI=1S/C61H110O6/c1-4-7-10-13-16-19-22-25-28-29-30-31-32-33-34-37-39-42-45-48-51-54-60(63)66-57-58(67-61(64)55-52-49-46-43-40-36-27-24-21-18-15-12-9-6-3)56-65-59(62)53-50-47-44-41-38-35-26-23-20-17-14-11-8-5-2/h7,10,16,19,25,28,30-31,58H,4-6,8-9,11-15,17-18,20-24,26-27,29,32-57H2,1-3H3/b10-7-,19-16-,28-25-,31-30-. The van der Waals surface area contributed by atoms with Crippen molar-refractivity contribution in [2.75, 3.05) is 13.2 Å². The van der Waals surface area contributed by atoms with E-state index in [9.17, 15) is 14.4 Å². The topological polar surface area (TPSA) is 78.9 Å². The third-order valence-corrected chi connectivity index (χ3v) is 12.8. The molecule has 0 aromatic carbocycles. The van der Waals surface area contributed by atoms with Crippen molar-refractivity contribution in [3.8, 4) is 0 Å². The summed E-state index contributed by atoms with van der Waals surface area (Å²) in [6.45, 7) is 6.56. The largest absolute Gasteiger partial charge is 0.462 e. The molecule has 0 N–H and O–H groups in total. The third-order valence-electron chi connectivity index (χ3n) is 12.8. The molecule has 390 valence electrons. The van der Waals surface area contributed by atoms with E-state index in [-0.39, 0.29) is 31.1 Å². The number of carbonyl (C=O) groups is 3. The molecule has 1 unspecified atom stereocenters. The lowest BCUT2D eigenvalue weighted by Crippen LogP contribution is -2.30. The van der Waals surface area contributed by atoms with Crippen molar-refractivity contribution in [1.29, 1.82) is 0 Å². The van der Waals surface area contributed by atoms with E-state index in [1.807, 2.05) is 0 Å². The molecular weight excluding hydrogens is 829 g/mol. The molecule has 0 saturated carbocycles. The molecule has 0 spiro atoms. The molecule has 0 aliphatic carbocycles. The second kappa shape index (κ2) is 56.0. The van der Waals surface area contributed by atoms with Crippen LogP contribution in [0.25, 0.3) is 0 Å². The molecule has 0 rings (SSSR count). The number of allylic oxidation sites excluding steroid dienone is 8. The highest BCUT2D eigenvalue weighted by Gasteiger charge is 2.19. The number of hydrogen-bond donors (Lipinski definition) is 0. The van der Waals surface area contributed by atoms with Crippen molar-refractivity contribution in [1.82, 2.24) is 0 Å². The van der Waals surface area contributed by atoms with Gasteiger partial charge in [-0.25, -0.2) is 0 Å². The first-order valence-corrected chi connectivity index (χ1v) is 29.1. The van der Waals surface area contributed by atoms with Crippen LogP contribution in [0, 0.1) is 0 Å². The Bertz CT molecular complexity index is 1170. The summed E-state index contributed by atoms with van der Waals surface area (Å²) in [6, 6.07) is 0. The Hall–Kier alpha value is -2.63. The van der Waals surface area contributed by atoms with Crippen LogP contribution in [0.3, 0.4) is 0 Å². The lowest BCUT2D eigenvalue weighted by atomic mass is 10.0. The van der Waals surface area contributed by atoms with Crippen molar-refractivity contribution in [3.05, 3.63) is 48.6 Å². The van der Waals surface area contributed by atoms with Crippen LogP contribution in [0.4, 0.5) is 0 Å². The van der Waals surface area contributed by atoms with Crippen molar-refractivity contribution >= 4 is 17.9 Å². The molecule has 0 fully saturated rings. The maximum absolute atomic E-state index is 12.8. The summed E-state index contributed by atoms with van der Waals surface area (Å²) in [5.74, 6) is -0.862. The minimum absolute atomic E-state index is 0.0708. The summed E-state index contributed by atoms with van der Waals surface area (Å²) in [5.41, 5.74) is 0. The number of ether oxygens (including phenoxy) is 3. The molecule has 0 saturated heterocycles. The summed E-state index contributed by atoms with van der Waals surface area (Å²) in [7, 11) is 0. The Morgan fingerprint density at radius 3 is 0.910 bits per heavy atom. The molecule has 0 aliphatic heterocycles. The van der Waals surface area contributed by atoms with E-state index in [0.717, 1.165) is 89.9 Å². The number of unbranched alkanes of at least 4 members (excludes halogenated alkanes) is 34. The van der Waals surface area contributed by atoms with E-state index in [4.69, 9.17) is 14.2 Å². The molecule has 1 atom stereocenters. The van der Waals surface area contributed by atoms with Crippen LogP contribution in [0.5, 0.6) is 0 Å². The van der Waals surface area contributed by atoms with E-state index in [1.165, 1.54) is 173 Å². The molecule has 6 heteroatoms. The van der Waals surface area contributed by atoms with Crippen LogP contribution in [0.15, 0.2) is 48.6 Å². The highest BCUT2D eigenvalue weighted by Crippen LogP contribution is 2.17. The van der Waals surface area contributed by atoms with Gasteiger partial charge < -0.3 is 14.2 Å². The van der Waals surface area contributed by atoms with Gasteiger partial charge in [0.15, 0.2) is 6.10 Å². The molecule has 6 nitrogen and oxygen atoms in total. The lowest BCUT2D eigenvalue weighted by Gasteiger charge is -2.18. The fraction of sp³-hybridized carbons (Fsp3) is 0.820. The van der Waals surface area contributed by atoms with Crippen LogP contribution in [0.1, 0.15) is 303 Å². The SMILES string of the molecule is CC/C=C\C/C=C\C/C=C\C/C=C\CCCCCCCCCCC(=O)OCC(COC(=O)CCCCCCCCCCCCCCCC)OC(=O)CCCCCCCCCCCCCCCC. The van der Waals surface area contributed by atoms with Gasteiger partial charge in [-0.3, -0.25) is 14.4 Å².